The smallest absolute Gasteiger partial charge is 0.434 e. The monoisotopic (exact) mass is 531 g/mol. The third-order valence-electron chi connectivity index (χ3n) is 6.67. The molecule has 38 heavy (non-hydrogen) atoms. The molecule has 0 spiro atoms. The summed E-state index contributed by atoms with van der Waals surface area (Å²) in [5, 5.41) is 3.79. The van der Waals surface area contributed by atoms with Crippen molar-refractivity contribution >= 4 is 11.9 Å². The Morgan fingerprint density at radius 2 is 1.84 bits per heavy atom. The zero-order chi connectivity index (χ0) is 27.4. The maximum Gasteiger partial charge on any atom is 0.434 e. The van der Waals surface area contributed by atoms with Crippen LogP contribution in [0.4, 0.5) is 17.6 Å². The molecule has 6 nitrogen and oxygen atoms in total. The van der Waals surface area contributed by atoms with E-state index in [1.54, 1.807) is 17.0 Å². The van der Waals surface area contributed by atoms with Crippen molar-refractivity contribution in [2.45, 2.75) is 58.2 Å². The van der Waals surface area contributed by atoms with E-state index in [2.05, 4.69) is 5.10 Å². The van der Waals surface area contributed by atoms with E-state index in [0.29, 0.717) is 11.2 Å². The van der Waals surface area contributed by atoms with Gasteiger partial charge in [0, 0.05) is 18.2 Å². The van der Waals surface area contributed by atoms with Gasteiger partial charge in [-0.25, -0.2) is 13.9 Å². The molecule has 1 saturated heterocycles. The molecule has 0 saturated carbocycles. The Kier molecular flexibility index (Phi) is 8.18. The summed E-state index contributed by atoms with van der Waals surface area (Å²) in [6, 6.07) is 10.2. The summed E-state index contributed by atoms with van der Waals surface area (Å²) < 4.78 is 63.0. The van der Waals surface area contributed by atoms with Gasteiger partial charge in [-0.3, -0.25) is 4.79 Å². The molecular formula is C28H29F4N3O3. The third-order valence-corrected chi connectivity index (χ3v) is 6.67. The summed E-state index contributed by atoms with van der Waals surface area (Å²) in [5.41, 5.74) is -1.76. The Bertz CT molecular complexity index is 1320. The summed E-state index contributed by atoms with van der Waals surface area (Å²) >= 11 is 0. The van der Waals surface area contributed by atoms with Crippen LogP contribution in [0.1, 0.15) is 72.4 Å². The minimum atomic E-state index is -4.91. The maximum absolute atomic E-state index is 15.8. The lowest BCUT2D eigenvalue weighted by molar-refractivity contribution is -0.143. The standard InChI is InChI=1S/C28H29F4N3O3/c1-3-9-19-11-5-6-15-34(19)26(36)22-14-8-13-21(24(22)29)18-10-7-12-20(16-18)35-25(28(30,31)32)23(17-33-35)27(37)38-4-2/h7-8,10,12-14,16-17,19H,3-6,9,11,15H2,1-2H3. The van der Waals surface area contributed by atoms with Gasteiger partial charge in [-0.1, -0.05) is 37.6 Å². The fraction of sp³-hybridized carbons (Fsp3) is 0.393. The summed E-state index contributed by atoms with van der Waals surface area (Å²) in [4.78, 5) is 27.2. The van der Waals surface area contributed by atoms with Crippen LogP contribution in [0.2, 0.25) is 0 Å². The van der Waals surface area contributed by atoms with Crippen LogP contribution in [-0.2, 0) is 10.9 Å². The first-order chi connectivity index (χ1) is 18.2. The van der Waals surface area contributed by atoms with Gasteiger partial charge in [0.15, 0.2) is 5.69 Å². The van der Waals surface area contributed by atoms with Crippen LogP contribution in [0.3, 0.4) is 0 Å². The van der Waals surface area contributed by atoms with E-state index >= 15 is 4.39 Å². The van der Waals surface area contributed by atoms with Gasteiger partial charge in [0.05, 0.1) is 24.1 Å². The van der Waals surface area contributed by atoms with Crippen LogP contribution in [0, 0.1) is 5.82 Å². The number of hydrogen-bond acceptors (Lipinski definition) is 4. The fourth-order valence-corrected chi connectivity index (χ4v) is 4.96. The quantitative estimate of drug-likeness (QED) is 0.252. The Morgan fingerprint density at radius 1 is 1.08 bits per heavy atom. The molecule has 2 heterocycles. The highest BCUT2D eigenvalue weighted by molar-refractivity contribution is 5.96. The van der Waals surface area contributed by atoms with E-state index in [-0.39, 0.29) is 40.9 Å². The second kappa shape index (κ2) is 11.4. The first-order valence-corrected chi connectivity index (χ1v) is 12.7. The predicted molar refractivity (Wildman–Crippen MR) is 134 cm³/mol. The van der Waals surface area contributed by atoms with Gasteiger partial charge >= 0.3 is 12.1 Å². The molecule has 1 aliphatic rings. The summed E-state index contributed by atoms with van der Waals surface area (Å²) in [6.07, 6.45) is 0.406. The lowest BCUT2D eigenvalue weighted by atomic mass is 9.96. The first kappa shape index (κ1) is 27.3. The van der Waals surface area contributed by atoms with Crippen molar-refractivity contribution < 1.29 is 31.9 Å². The van der Waals surface area contributed by atoms with Crippen molar-refractivity contribution in [1.82, 2.24) is 14.7 Å². The number of benzene rings is 2. The van der Waals surface area contributed by atoms with Gasteiger partial charge in [0.1, 0.15) is 11.4 Å². The zero-order valence-electron chi connectivity index (χ0n) is 21.2. The number of likely N-dealkylation sites (tertiary alicyclic amines) is 1. The summed E-state index contributed by atoms with van der Waals surface area (Å²) in [7, 11) is 0. The number of nitrogens with zero attached hydrogens (tertiary/aromatic N) is 3. The number of carbonyl (C=O) groups excluding carboxylic acids is 2. The van der Waals surface area contributed by atoms with Gasteiger partial charge < -0.3 is 9.64 Å². The van der Waals surface area contributed by atoms with E-state index in [1.807, 2.05) is 6.92 Å². The molecule has 1 aliphatic heterocycles. The van der Waals surface area contributed by atoms with Crippen molar-refractivity contribution in [1.29, 1.82) is 0 Å². The molecule has 0 N–H and O–H groups in total. The number of piperidine rings is 1. The van der Waals surface area contributed by atoms with Crippen LogP contribution < -0.4 is 0 Å². The van der Waals surface area contributed by atoms with E-state index in [4.69, 9.17) is 4.74 Å². The van der Waals surface area contributed by atoms with Gasteiger partial charge in [0.2, 0.25) is 0 Å². The number of hydrogen-bond donors (Lipinski definition) is 0. The van der Waals surface area contributed by atoms with Gasteiger partial charge in [-0.05, 0) is 56.4 Å². The highest BCUT2D eigenvalue weighted by Crippen LogP contribution is 2.35. The molecule has 1 unspecified atom stereocenters. The largest absolute Gasteiger partial charge is 0.462 e. The van der Waals surface area contributed by atoms with Crippen molar-refractivity contribution in [2.75, 3.05) is 13.2 Å². The molecule has 1 fully saturated rings. The lowest BCUT2D eigenvalue weighted by Gasteiger charge is -2.36. The average molecular weight is 532 g/mol. The molecular weight excluding hydrogens is 502 g/mol. The fourth-order valence-electron chi connectivity index (χ4n) is 4.96. The van der Waals surface area contributed by atoms with E-state index in [9.17, 15) is 22.8 Å². The number of carbonyl (C=O) groups is 2. The van der Waals surface area contributed by atoms with Gasteiger partial charge in [-0.2, -0.15) is 18.3 Å². The van der Waals surface area contributed by atoms with Crippen LogP contribution in [0.5, 0.6) is 0 Å². The Balaban J connectivity index is 1.73. The minimum absolute atomic E-state index is 0.0273. The number of esters is 1. The average Bonchev–Trinajstić information content (AvgIpc) is 3.36. The Labute approximate surface area is 218 Å². The number of rotatable bonds is 7. The number of halogens is 4. The van der Waals surface area contributed by atoms with E-state index in [1.165, 1.54) is 37.3 Å². The highest BCUT2D eigenvalue weighted by atomic mass is 19.4. The molecule has 4 rings (SSSR count). The molecule has 1 amide bonds. The van der Waals surface area contributed by atoms with E-state index < -0.39 is 29.2 Å². The number of ether oxygens (including phenoxy) is 1. The number of alkyl halides is 3. The first-order valence-electron chi connectivity index (χ1n) is 12.7. The normalized spacial score (nSPS) is 15.9. The lowest BCUT2D eigenvalue weighted by Crippen LogP contribution is -2.44. The maximum atomic E-state index is 15.8. The Hall–Kier alpha value is -3.69. The summed E-state index contributed by atoms with van der Waals surface area (Å²) in [6.45, 7) is 4.00. The highest BCUT2D eigenvalue weighted by Gasteiger charge is 2.41. The Morgan fingerprint density at radius 3 is 2.55 bits per heavy atom. The van der Waals surface area contributed by atoms with Gasteiger partial charge in [-0.15, -0.1) is 0 Å². The summed E-state index contributed by atoms with van der Waals surface area (Å²) in [5.74, 6) is -2.26. The topological polar surface area (TPSA) is 64.4 Å². The molecule has 0 bridgehead atoms. The van der Waals surface area contributed by atoms with Crippen molar-refractivity contribution in [3.05, 3.63) is 71.3 Å². The molecule has 0 aliphatic carbocycles. The third kappa shape index (κ3) is 5.44. The minimum Gasteiger partial charge on any atom is -0.462 e. The van der Waals surface area contributed by atoms with Crippen molar-refractivity contribution in [3.8, 4) is 16.8 Å². The molecule has 202 valence electrons. The van der Waals surface area contributed by atoms with Crippen LogP contribution in [0.15, 0.2) is 48.7 Å². The van der Waals surface area contributed by atoms with E-state index in [0.717, 1.165) is 38.3 Å². The second-order valence-electron chi connectivity index (χ2n) is 9.19. The number of amides is 1. The molecule has 3 aromatic rings. The SMILES string of the molecule is CCCC1CCCCN1C(=O)c1cccc(-c2cccc(-n3ncc(C(=O)OCC)c3C(F)(F)F)c2)c1F. The molecule has 1 atom stereocenters. The van der Waals surface area contributed by atoms with Crippen molar-refractivity contribution in [3.63, 3.8) is 0 Å². The van der Waals surface area contributed by atoms with Gasteiger partial charge in [0.25, 0.3) is 5.91 Å². The number of aromatic nitrogens is 2. The molecule has 10 heteroatoms. The van der Waals surface area contributed by atoms with Crippen LogP contribution in [-0.4, -0.2) is 45.8 Å². The molecule has 0 radical (unpaired) electrons. The molecule has 2 aromatic carbocycles. The second-order valence-corrected chi connectivity index (χ2v) is 9.19. The molecule has 1 aromatic heterocycles. The van der Waals surface area contributed by atoms with Crippen LogP contribution >= 0.6 is 0 Å². The van der Waals surface area contributed by atoms with Crippen LogP contribution in [0.25, 0.3) is 16.8 Å². The predicted octanol–water partition coefficient (Wildman–Crippen LogP) is 6.67. The van der Waals surface area contributed by atoms with Crippen molar-refractivity contribution in [2.24, 2.45) is 0 Å². The zero-order valence-corrected chi connectivity index (χ0v) is 21.2.